The summed E-state index contributed by atoms with van der Waals surface area (Å²) in [4.78, 5) is 10.8. The number of hydrogen-bond donors (Lipinski definition) is 1. The molecule has 64 valence electrons. The Bertz CT molecular complexity index is 174. The van der Waals surface area contributed by atoms with Crippen LogP contribution < -0.4 is 5.32 Å². The van der Waals surface area contributed by atoms with Gasteiger partial charge in [-0.2, -0.15) is 0 Å². The molecule has 2 nitrogen and oxygen atoms in total. The summed E-state index contributed by atoms with van der Waals surface area (Å²) in [6.07, 6.45) is 2.27. The third-order valence-corrected chi connectivity index (χ3v) is 2.60. The smallest absolute Gasteiger partial charge is 0.217 e. The molecule has 1 rings (SSSR count). The van der Waals surface area contributed by atoms with Gasteiger partial charge in [-0.15, -0.1) is 0 Å². The highest BCUT2D eigenvalue weighted by Gasteiger charge is 2.52. The second-order valence-corrected chi connectivity index (χ2v) is 4.51. The van der Waals surface area contributed by atoms with E-state index in [1.54, 1.807) is 6.92 Å². The van der Waals surface area contributed by atoms with Gasteiger partial charge in [0, 0.05) is 12.5 Å². The molecule has 0 aromatic heterocycles. The molecule has 0 aromatic rings. The van der Waals surface area contributed by atoms with Crippen LogP contribution in [0.5, 0.6) is 0 Å². The van der Waals surface area contributed by atoms with E-state index in [1.807, 2.05) is 0 Å². The summed E-state index contributed by atoms with van der Waals surface area (Å²) in [5.74, 6) is 0.0948. The largest absolute Gasteiger partial charge is 0.350 e. The summed E-state index contributed by atoms with van der Waals surface area (Å²) in [5.41, 5.74) is 0.317. The number of nitrogens with one attached hydrogen (secondary N) is 1. The molecule has 0 atom stereocenters. The van der Waals surface area contributed by atoms with Crippen LogP contribution in [0.2, 0.25) is 0 Å². The zero-order valence-electron chi connectivity index (χ0n) is 7.82. The Morgan fingerprint density at radius 1 is 1.36 bits per heavy atom. The van der Waals surface area contributed by atoms with E-state index >= 15 is 0 Å². The van der Waals surface area contributed by atoms with Crippen molar-refractivity contribution in [1.82, 2.24) is 5.32 Å². The lowest BCUT2D eigenvalue weighted by molar-refractivity contribution is -0.120. The Morgan fingerprint density at radius 3 is 1.91 bits per heavy atom. The summed E-state index contributed by atoms with van der Waals surface area (Å²) in [7, 11) is 0. The monoisotopic (exact) mass is 155 g/mol. The van der Waals surface area contributed by atoms with Gasteiger partial charge in [-0.25, -0.2) is 0 Å². The molecule has 0 bridgehead atoms. The Kier molecular flexibility index (Phi) is 1.73. The van der Waals surface area contributed by atoms with Gasteiger partial charge in [-0.05, 0) is 18.3 Å². The Hall–Kier alpha value is -0.530. The summed E-state index contributed by atoms with van der Waals surface area (Å²) in [6.45, 7) is 8.12. The standard InChI is InChI=1S/C9H17NO/c1-7(11)10-9(5-6-9)8(2,3)4/h5-6H2,1-4H3,(H,10,11). The predicted molar refractivity (Wildman–Crippen MR) is 45.2 cm³/mol. The van der Waals surface area contributed by atoms with Crippen molar-refractivity contribution in [1.29, 1.82) is 0 Å². The van der Waals surface area contributed by atoms with Crippen LogP contribution >= 0.6 is 0 Å². The van der Waals surface area contributed by atoms with Gasteiger partial charge in [-0.1, -0.05) is 20.8 Å². The predicted octanol–water partition coefficient (Wildman–Crippen LogP) is 1.70. The molecule has 0 aromatic carbocycles. The van der Waals surface area contributed by atoms with E-state index < -0.39 is 0 Å². The lowest BCUT2D eigenvalue weighted by Gasteiger charge is -2.31. The summed E-state index contributed by atoms with van der Waals surface area (Å²) >= 11 is 0. The van der Waals surface area contributed by atoms with Crippen LogP contribution in [-0.4, -0.2) is 11.4 Å². The molecule has 0 spiro atoms. The normalized spacial score (nSPS) is 21.1. The highest BCUT2D eigenvalue weighted by molar-refractivity contribution is 5.74. The van der Waals surface area contributed by atoms with Crippen LogP contribution in [0.3, 0.4) is 0 Å². The first-order chi connectivity index (χ1) is 4.87. The Balaban J connectivity index is 2.61. The fourth-order valence-electron chi connectivity index (χ4n) is 1.52. The molecule has 1 fully saturated rings. The van der Waals surface area contributed by atoms with Crippen LogP contribution in [0.25, 0.3) is 0 Å². The summed E-state index contributed by atoms with van der Waals surface area (Å²) < 4.78 is 0. The van der Waals surface area contributed by atoms with E-state index in [-0.39, 0.29) is 16.9 Å². The zero-order valence-corrected chi connectivity index (χ0v) is 7.82. The lowest BCUT2D eigenvalue weighted by Crippen LogP contribution is -2.45. The van der Waals surface area contributed by atoms with Crippen molar-refractivity contribution in [3.05, 3.63) is 0 Å². The van der Waals surface area contributed by atoms with Crippen LogP contribution in [0.4, 0.5) is 0 Å². The number of rotatable bonds is 1. The van der Waals surface area contributed by atoms with Gasteiger partial charge in [-0.3, -0.25) is 4.79 Å². The molecule has 0 saturated heterocycles. The van der Waals surface area contributed by atoms with E-state index in [0.717, 1.165) is 12.8 Å². The topological polar surface area (TPSA) is 29.1 Å². The van der Waals surface area contributed by atoms with Crippen LogP contribution in [0.1, 0.15) is 40.5 Å². The fraction of sp³-hybridized carbons (Fsp3) is 0.889. The molecule has 1 aliphatic rings. The molecule has 1 aliphatic carbocycles. The maximum absolute atomic E-state index is 10.8. The molecule has 2 heteroatoms. The average Bonchev–Trinajstić information content (AvgIpc) is 2.42. The first-order valence-electron chi connectivity index (χ1n) is 4.16. The minimum absolute atomic E-state index is 0.0948. The van der Waals surface area contributed by atoms with Crippen molar-refractivity contribution in [3.63, 3.8) is 0 Å². The lowest BCUT2D eigenvalue weighted by atomic mass is 9.84. The minimum atomic E-state index is 0.0948. The minimum Gasteiger partial charge on any atom is -0.350 e. The zero-order chi connectivity index (χ0) is 8.70. The number of amides is 1. The fourth-order valence-corrected chi connectivity index (χ4v) is 1.52. The number of carbonyl (C=O) groups excluding carboxylic acids is 1. The van der Waals surface area contributed by atoms with Gasteiger partial charge in [0.25, 0.3) is 0 Å². The molecule has 1 saturated carbocycles. The second kappa shape index (κ2) is 2.23. The van der Waals surface area contributed by atoms with Crippen molar-refractivity contribution >= 4 is 5.91 Å². The molecule has 0 unspecified atom stereocenters. The van der Waals surface area contributed by atoms with E-state index in [9.17, 15) is 4.79 Å². The van der Waals surface area contributed by atoms with Crippen LogP contribution in [-0.2, 0) is 4.79 Å². The Morgan fingerprint density at radius 2 is 1.82 bits per heavy atom. The van der Waals surface area contributed by atoms with Gasteiger partial charge in [0.05, 0.1) is 0 Å². The molecule has 1 amide bonds. The van der Waals surface area contributed by atoms with Crippen molar-refractivity contribution in [2.75, 3.05) is 0 Å². The molecular formula is C9H17NO. The molecular weight excluding hydrogens is 138 g/mol. The first-order valence-corrected chi connectivity index (χ1v) is 4.16. The molecule has 0 heterocycles. The van der Waals surface area contributed by atoms with E-state index in [1.165, 1.54) is 0 Å². The van der Waals surface area contributed by atoms with Crippen molar-refractivity contribution in [2.45, 2.75) is 46.1 Å². The highest BCUT2D eigenvalue weighted by atomic mass is 16.1. The number of hydrogen-bond acceptors (Lipinski definition) is 1. The third kappa shape index (κ3) is 1.55. The highest BCUT2D eigenvalue weighted by Crippen LogP contribution is 2.49. The van der Waals surface area contributed by atoms with Gasteiger partial charge in [0.1, 0.15) is 0 Å². The van der Waals surface area contributed by atoms with Crippen molar-refractivity contribution in [2.24, 2.45) is 5.41 Å². The average molecular weight is 155 g/mol. The molecule has 11 heavy (non-hydrogen) atoms. The quantitative estimate of drug-likeness (QED) is 0.613. The van der Waals surface area contributed by atoms with Gasteiger partial charge < -0.3 is 5.32 Å². The van der Waals surface area contributed by atoms with Crippen LogP contribution in [0.15, 0.2) is 0 Å². The summed E-state index contributed by atoms with van der Waals surface area (Å²) in [5, 5.41) is 3.03. The van der Waals surface area contributed by atoms with Gasteiger partial charge in [0.2, 0.25) is 5.91 Å². The molecule has 1 N–H and O–H groups in total. The SMILES string of the molecule is CC(=O)NC1(C(C)(C)C)CC1. The number of carbonyl (C=O) groups is 1. The Labute approximate surface area is 68.4 Å². The van der Waals surface area contributed by atoms with Crippen LogP contribution in [0, 0.1) is 5.41 Å². The maximum Gasteiger partial charge on any atom is 0.217 e. The van der Waals surface area contributed by atoms with E-state index in [4.69, 9.17) is 0 Å². The van der Waals surface area contributed by atoms with E-state index in [2.05, 4.69) is 26.1 Å². The van der Waals surface area contributed by atoms with Gasteiger partial charge >= 0.3 is 0 Å². The summed E-state index contributed by atoms with van der Waals surface area (Å²) in [6, 6.07) is 0. The first kappa shape index (κ1) is 8.57. The maximum atomic E-state index is 10.8. The molecule has 0 radical (unpaired) electrons. The third-order valence-electron chi connectivity index (χ3n) is 2.60. The van der Waals surface area contributed by atoms with Crippen molar-refractivity contribution < 1.29 is 4.79 Å². The molecule has 0 aliphatic heterocycles. The second-order valence-electron chi connectivity index (χ2n) is 4.51. The van der Waals surface area contributed by atoms with E-state index in [0.29, 0.717) is 0 Å². The van der Waals surface area contributed by atoms with Gasteiger partial charge in [0.15, 0.2) is 0 Å². The van der Waals surface area contributed by atoms with Crippen molar-refractivity contribution in [3.8, 4) is 0 Å².